The lowest BCUT2D eigenvalue weighted by Gasteiger charge is -2.20. The Labute approximate surface area is 169 Å². The number of nitrogens with one attached hydrogen (secondary N) is 2. The van der Waals surface area contributed by atoms with E-state index in [2.05, 4.69) is 15.2 Å². The van der Waals surface area contributed by atoms with Crippen LogP contribution >= 0.6 is 0 Å². The number of aryl methyl sites for hydroxylation is 1. The first kappa shape index (κ1) is 21.0. The zero-order chi connectivity index (χ0) is 21.3. The van der Waals surface area contributed by atoms with E-state index in [0.717, 1.165) is 0 Å². The summed E-state index contributed by atoms with van der Waals surface area (Å²) in [7, 11) is -2.33. The molecular formula is C19H24N4O5S. The van der Waals surface area contributed by atoms with Crippen LogP contribution in [0, 0.1) is 12.8 Å². The zero-order valence-electron chi connectivity index (χ0n) is 16.7. The Kier molecular flexibility index (Phi) is 5.76. The molecule has 0 aliphatic carbocycles. The highest BCUT2D eigenvalue weighted by Crippen LogP contribution is 2.29. The largest absolute Gasteiger partial charge is 0.360 e. The van der Waals surface area contributed by atoms with Gasteiger partial charge in [0.25, 0.3) is 0 Å². The number of carbonyl (C=O) groups excluding carboxylic acids is 2. The highest BCUT2D eigenvalue weighted by molar-refractivity contribution is 7.89. The number of benzene rings is 1. The van der Waals surface area contributed by atoms with Crippen LogP contribution < -0.4 is 14.9 Å². The quantitative estimate of drug-likeness (QED) is 0.705. The number of carbonyl (C=O) groups is 2. The van der Waals surface area contributed by atoms with Crippen molar-refractivity contribution in [1.82, 2.24) is 9.88 Å². The van der Waals surface area contributed by atoms with Gasteiger partial charge < -0.3 is 14.7 Å². The maximum Gasteiger partial charge on any atom is 0.243 e. The smallest absolute Gasteiger partial charge is 0.243 e. The third kappa shape index (κ3) is 4.65. The number of aromatic nitrogens is 1. The lowest BCUT2D eigenvalue weighted by atomic mass is 10.0. The Bertz CT molecular complexity index is 1040. The van der Waals surface area contributed by atoms with Gasteiger partial charge in [0.1, 0.15) is 11.8 Å². The molecule has 0 bridgehead atoms. The van der Waals surface area contributed by atoms with E-state index in [4.69, 9.17) is 4.52 Å². The molecular weight excluding hydrogens is 396 g/mol. The van der Waals surface area contributed by atoms with Gasteiger partial charge in [-0.25, -0.2) is 8.42 Å². The van der Waals surface area contributed by atoms with E-state index >= 15 is 0 Å². The third-order valence-electron chi connectivity index (χ3n) is 4.64. The lowest BCUT2D eigenvalue weighted by Crippen LogP contribution is -2.44. The number of hydrogen-bond acceptors (Lipinski definition) is 6. The van der Waals surface area contributed by atoms with Crippen LogP contribution in [0.25, 0.3) is 0 Å². The molecule has 156 valence electrons. The average Bonchev–Trinajstić information content (AvgIpc) is 3.16. The third-order valence-corrected chi connectivity index (χ3v) is 6.11. The molecule has 0 saturated heterocycles. The van der Waals surface area contributed by atoms with Crippen LogP contribution in [0.15, 0.2) is 33.7 Å². The minimum Gasteiger partial charge on any atom is -0.360 e. The van der Waals surface area contributed by atoms with E-state index in [1.807, 2.05) is 13.8 Å². The van der Waals surface area contributed by atoms with Crippen LogP contribution in [0.3, 0.4) is 0 Å². The van der Waals surface area contributed by atoms with Crippen LogP contribution in [-0.4, -0.2) is 38.5 Å². The second-order valence-corrected chi connectivity index (χ2v) is 9.25. The summed E-state index contributed by atoms with van der Waals surface area (Å²) in [6.07, 6.45) is 0.449. The summed E-state index contributed by atoms with van der Waals surface area (Å²) in [5.41, 5.74) is 1.33. The van der Waals surface area contributed by atoms with Gasteiger partial charge in [-0.05, 0) is 43.0 Å². The standard InChI is InChI=1S/C19H24N4O5S/c1-11(2)7-15(19(25)20-17-8-12(3)28-21-17)22-29(26,27)14-5-6-16-13(9-14)10-18(24)23(16)4/h5-6,8-9,11,15,22H,7,10H2,1-4H3,(H,20,21,25)/t15-/m0/s1. The molecule has 0 fully saturated rings. The predicted molar refractivity (Wildman–Crippen MR) is 107 cm³/mol. The van der Waals surface area contributed by atoms with Gasteiger partial charge in [0.2, 0.25) is 21.8 Å². The summed E-state index contributed by atoms with van der Waals surface area (Å²) < 4.78 is 33.3. The van der Waals surface area contributed by atoms with Gasteiger partial charge in [-0.3, -0.25) is 9.59 Å². The van der Waals surface area contributed by atoms with Crippen molar-refractivity contribution in [1.29, 1.82) is 0 Å². The van der Waals surface area contributed by atoms with Crippen molar-refractivity contribution >= 4 is 33.3 Å². The number of amides is 2. The van der Waals surface area contributed by atoms with Gasteiger partial charge >= 0.3 is 0 Å². The Morgan fingerprint density at radius 2 is 2.03 bits per heavy atom. The summed E-state index contributed by atoms with van der Waals surface area (Å²) in [6.45, 7) is 5.48. The first-order valence-electron chi connectivity index (χ1n) is 9.23. The summed E-state index contributed by atoms with van der Waals surface area (Å²) >= 11 is 0. The van der Waals surface area contributed by atoms with Gasteiger partial charge in [-0.2, -0.15) is 4.72 Å². The van der Waals surface area contributed by atoms with Crippen LogP contribution in [0.5, 0.6) is 0 Å². The number of likely N-dealkylation sites (N-methyl/N-ethyl adjacent to an activating group) is 1. The Hall–Kier alpha value is -2.72. The first-order valence-corrected chi connectivity index (χ1v) is 10.7. The van der Waals surface area contributed by atoms with E-state index < -0.39 is 22.0 Å². The van der Waals surface area contributed by atoms with Gasteiger partial charge in [0, 0.05) is 18.8 Å². The van der Waals surface area contributed by atoms with Crippen molar-refractivity contribution in [2.45, 2.75) is 44.6 Å². The fourth-order valence-corrected chi connectivity index (χ4v) is 4.45. The fraction of sp³-hybridized carbons (Fsp3) is 0.421. The maximum atomic E-state index is 12.9. The SMILES string of the molecule is Cc1cc(NC(=O)[C@H](CC(C)C)NS(=O)(=O)c2ccc3c(c2)CC(=O)N3C)no1. The molecule has 0 radical (unpaired) electrons. The topological polar surface area (TPSA) is 122 Å². The molecule has 10 heteroatoms. The normalized spacial score (nSPS) is 14.9. The van der Waals surface area contributed by atoms with Crippen LogP contribution in [-0.2, 0) is 26.0 Å². The Morgan fingerprint density at radius 1 is 1.31 bits per heavy atom. The number of anilines is 2. The summed E-state index contributed by atoms with van der Waals surface area (Å²) in [4.78, 5) is 26.0. The van der Waals surface area contributed by atoms with E-state index in [9.17, 15) is 18.0 Å². The molecule has 1 atom stereocenters. The van der Waals surface area contributed by atoms with Crippen molar-refractivity contribution < 1.29 is 22.5 Å². The second-order valence-electron chi connectivity index (χ2n) is 7.54. The maximum absolute atomic E-state index is 12.9. The van der Waals surface area contributed by atoms with Gasteiger partial charge in [0.05, 0.1) is 11.3 Å². The summed E-state index contributed by atoms with van der Waals surface area (Å²) in [5, 5.41) is 6.28. The number of fused-ring (bicyclic) bond motifs is 1. The molecule has 1 aromatic heterocycles. The highest BCUT2D eigenvalue weighted by atomic mass is 32.2. The molecule has 2 N–H and O–H groups in total. The van der Waals surface area contributed by atoms with Crippen molar-refractivity contribution in [3.05, 3.63) is 35.6 Å². The molecule has 1 aliphatic rings. The molecule has 2 amide bonds. The van der Waals surface area contributed by atoms with E-state index in [1.54, 1.807) is 26.1 Å². The zero-order valence-corrected chi connectivity index (χ0v) is 17.5. The highest BCUT2D eigenvalue weighted by Gasteiger charge is 2.30. The van der Waals surface area contributed by atoms with E-state index in [1.165, 1.54) is 17.0 Å². The summed E-state index contributed by atoms with van der Waals surface area (Å²) in [5.74, 6) is 0.200. The minimum absolute atomic E-state index is 0.0122. The Morgan fingerprint density at radius 3 is 2.66 bits per heavy atom. The number of hydrogen-bond donors (Lipinski definition) is 2. The van der Waals surface area contributed by atoms with E-state index in [0.29, 0.717) is 23.4 Å². The molecule has 2 aromatic rings. The van der Waals surface area contributed by atoms with Gasteiger partial charge in [0.15, 0.2) is 5.82 Å². The van der Waals surface area contributed by atoms with Gasteiger partial charge in [-0.1, -0.05) is 19.0 Å². The molecule has 0 saturated carbocycles. The molecule has 0 unspecified atom stereocenters. The molecule has 29 heavy (non-hydrogen) atoms. The van der Waals surface area contributed by atoms with E-state index in [-0.39, 0.29) is 29.0 Å². The average molecular weight is 420 g/mol. The molecule has 9 nitrogen and oxygen atoms in total. The van der Waals surface area contributed by atoms with Crippen LogP contribution in [0.1, 0.15) is 31.6 Å². The fourth-order valence-electron chi connectivity index (χ4n) is 3.19. The van der Waals surface area contributed by atoms with Crippen molar-refractivity contribution in [2.24, 2.45) is 5.92 Å². The first-order chi connectivity index (χ1) is 13.6. The Balaban J connectivity index is 1.82. The molecule has 2 heterocycles. The molecule has 1 aromatic carbocycles. The van der Waals surface area contributed by atoms with Crippen molar-refractivity contribution in [2.75, 3.05) is 17.3 Å². The summed E-state index contributed by atoms with van der Waals surface area (Å²) in [6, 6.07) is 5.07. The lowest BCUT2D eigenvalue weighted by molar-refractivity contribution is -0.118. The molecule has 1 aliphatic heterocycles. The number of nitrogens with zero attached hydrogens (tertiary/aromatic N) is 2. The monoisotopic (exact) mass is 420 g/mol. The van der Waals surface area contributed by atoms with Gasteiger partial charge in [-0.15, -0.1) is 0 Å². The van der Waals surface area contributed by atoms with Crippen LogP contribution in [0.4, 0.5) is 11.5 Å². The van der Waals surface area contributed by atoms with Crippen molar-refractivity contribution in [3.8, 4) is 0 Å². The second kappa shape index (κ2) is 7.96. The number of sulfonamides is 1. The van der Waals surface area contributed by atoms with Crippen LogP contribution in [0.2, 0.25) is 0 Å². The number of rotatable bonds is 7. The molecule has 3 rings (SSSR count). The van der Waals surface area contributed by atoms with Crippen molar-refractivity contribution in [3.63, 3.8) is 0 Å². The predicted octanol–water partition coefficient (Wildman–Crippen LogP) is 1.83. The minimum atomic E-state index is -3.98. The molecule has 0 spiro atoms.